The van der Waals surface area contributed by atoms with Crippen LogP contribution in [0.15, 0.2) is 66.7 Å². The quantitative estimate of drug-likeness (QED) is 0.374. The third-order valence-electron chi connectivity index (χ3n) is 6.54. The highest BCUT2D eigenvalue weighted by atomic mass is 16.6. The van der Waals surface area contributed by atoms with Crippen LogP contribution in [0.2, 0.25) is 0 Å². The molecule has 6 heteroatoms. The van der Waals surface area contributed by atoms with Gasteiger partial charge in [0.1, 0.15) is 19.0 Å². The zero-order valence-corrected chi connectivity index (χ0v) is 20.6. The van der Waals surface area contributed by atoms with Gasteiger partial charge in [0.25, 0.3) is 0 Å². The zero-order chi connectivity index (χ0) is 24.8. The molecule has 2 amide bonds. The van der Waals surface area contributed by atoms with Crippen molar-refractivity contribution in [3.63, 3.8) is 0 Å². The molecule has 0 N–H and O–H groups in total. The molecule has 0 radical (unpaired) electrons. The summed E-state index contributed by atoms with van der Waals surface area (Å²) >= 11 is 0. The highest BCUT2D eigenvalue weighted by Crippen LogP contribution is 2.30. The van der Waals surface area contributed by atoms with Crippen molar-refractivity contribution in [3.8, 4) is 5.75 Å². The Bertz CT molecular complexity index is 1160. The monoisotopic (exact) mass is 475 g/mol. The zero-order valence-electron chi connectivity index (χ0n) is 20.6. The van der Waals surface area contributed by atoms with Crippen molar-refractivity contribution in [1.82, 2.24) is 4.90 Å². The first-order valence-electron chi connectivity index (χ1n) is 12.1. The van der Waals surface area contributed by atoms with E-state index in [1.165, 1.54) is 4.90 Å². The fourth-order valence-corrected chi connectivity index (χ4v) is 4.59. The van der Waals surface area contributed by atoms with Crippen LogP contribution in [0, 0.1) is 11.8 Å². The molecule has 3 aromatic carbocycles. The summed E-state index contributed by atoms with van der Waals surface area (Å²) in [6.07, 6.45) is 0.566. The SMILES string of the molecule is COCCOc1cccc2ccc(CC(C(=O)N3C(=O)OC[C@H]3Cc3ccccc3)C(C)C)cc12. The van der Waals surface area contributed by atoms with Gasteiger partial charge in [0, 0.05) is 18.4 Å². The molecule has 1 saturated heterocycles. The average molecular weight is 476 g/mol. The summed E-state index contributed by atoms with van der Waals surface area (Å²) in [5.41, 5.74) is 2.10. The van der Waals surface area contributed by atoms with Crippen molar-refractivity contribution in [2.45, 2.75) is 32.7 Å². The van der Waals surface area contributed by atoms with Gasteiger partial charge >= 0.3 is 6.09 Å². The second-order valence-electron chi connectivity index (χ2n) is 9.34. The fourth-order valence-electron chi connectivity index (χ4n) is 4.59. The Morgan fingerprint density at radius 1 is 1.03 bits per heavy atom. The van der Waals surface area contributed by atoms with Gasteiger partial charge in [-0.15, -0.1) is 0 Å². The number of ether oxygens (including phenoxy) is 3. The maximum atomic E-state index is 13.7. The Hall–Kier alpha value is -3.38. The molecule has 35 heavy (non-hydrogen) atoms. The van der Waals surface area contributed by atoms with Crippen molar-refractivity contribution in [3.05, 3.63) is 77.9 Å². The molecule has 1 fully saturated rings. The van der Waals surface area contributed by atoms with E-state index in [-0.39, 0.29) is 30.4 Å². The van der Waals surface area contributed by atoms with E-state index in [9.17, 15) is 9.59 Å². The Balaban J connectivity index is 1.55. The molecule has 1 unspecified atom stereocenters. The van der Waals surface area contributed by atoms with E-state index >= 15 is 0 Å². The van der Waals surface area contributed by atoms with Crippen molar-refractivity contribution in [2.24, 2.45) is 11.8 Å². The molecule has 1 heterocycles. The molecule has 184 valence electrons. The van der Waals surface area contributed by atoms with Crippen LogP contribution < -0.4 is 4.74 Å². The first kappa shape index (κ1) is 24.7. The van der Waals surface area contributed by atoms with Gasteiger partial charge in [0.15, 0.2) is 0 Å². The number of methoxy groups -OCH3 is 1. The predicted octanol–water partition coefficient (Wildman–Crippen LogP) is 5.27. The van der Waals surface area contributed by atoms with Gasteiger partial charge in [0.2, 0.25) is 5.91 Å². The van der Waals surface area contributed by atoms with E-state index in [1.807, 2.05) is 68.4 Å². The molecule has 1 aliphatic heterocycles. The summed E-state index contributed by atoms with van der Waals surface area (Å²) < 4.78 is 16.3. The van der Waals surface area contributed by atoms with E-state index in [2.05, 4.69) is 12.1 Å². The van der Waals surface area contributed by atoms with Crippen molar-refractivity contribution >= 4 is 22.8 Å². The summed E-state index contributed by atoms with van der Waals surface area (Å²) in [6.45, 7) is 5.25. The van der Waals surface area contributed by atoms with E-state index in [4.69, 9.17) is 14.2 Å². The average Bonchev–Trinajstić information content (AvgIpc) is 3.22. The van der Waals surface area contributed by atoms with Gasteiger partial charge in [-0.2, -0.15) is 0 Å². The highest BCUT2D eigenvalue weighted by Gasteiger charge is 2.41. The molecule has 3 aromatic rings. The Morgan fingerprint density at radius 2 is 1.83 bits per heavy atom. The number of hydrogen-bond donors (Lipinski definition) is 0. The van der Waals surface area contributed by atoms with Crippen LogP contribution in [0.1, 0.15) is 25.0 Å². The molecule has 0 aromatic heterocycles. The smallest absolute Gasteiger partial charge is 0.416 e. The Kier molecular flexibility index (Phi) is 8.03. The topological polar surface area (TPSA) is 65.1 Å². The van der Waals surface area contributed by atoms with Crippen LogP contribution in [0.3, 0.4) is 0 Å². The summed E-state index contributed by atoms with van der Waals surface area (Å²) in [6, 6.07) is 21.7. The number of imide groups is 1. The minimum atomic E-state index is -0.547. The predicted molar refractivity (Wildman–Crippen MR) is 135 cm³/mol. The van der Waals surface area contributed by atoms with Gasteiger partial charge in [-0.25, -0.2) is 9.69 Å². The second kappa shape index (κ2) is 11.4. The molecular formula is C29H33NO5. The van der Waals surface area contributed by atoms with Crippen molar-refractivity contribution in [1.29, 1.82) is 0 Å². The van der Waals surface area contributed by atoms with Gasteiger partial charge in [-0.05, 0) is 47.4 Å². The molecular weight excluding hydrogens is 442 g/mol. The van der Waals surface area contributed by atoms with Crippen molar-refractivity contribution < 1.29 is 23.8 Å². The number of carbonyl (C=O) groups is 2. The third kappa shape index (κ3) is 5.82. The first-order chi connectivity index (χ1) is 17.0. The molecule has 0 spiro atoms. The van der Waals surface area contributed by atoms with Crippen LogP contribution in [0.4, 0.5) is 4.79 Å². The third-order valence-corrected chi connectivity index (χ3v) is 6.54. The van der Waals surface area contributed by atoms with E-state index < -0.39 is 6.09 Å². The largest absolute Gasteiger partial charge is 0.491 e. The molecule has 0 saturated carbocycles. The van der Waals surface area contributed by atoms with Gasteiger partial charge in [-0.3, -0.25) is 4.79 Å². The summed E-state index contributed by atoms with van der Waals surface area (Å²) in [4.78, 5) is 27.6. The lowest BCUT2D eigenvalue weighted by molar-refractivity contribution is -0.134. The minimum absolute atomic E-state index is 0.0529. The Labute approximate surface area is 206 Å². The number of amides is 2. The number of hydrogen-bond acceptors (Lipinski definition) is 5. The lowest BCUT2D eigenvalue weighted by Crippen LogP contribution is -2.45. The van der Waals surface area contributed by atoms with Crippen LogP contribution >= 0.6 is 0 Å². The number of benzene rings is 3. The number of carbonyl (C=O) groups excluding carboxylic acids is 2. The normalized spacial score (nSPS) is 16.5. The summed E-state index contributed by atoms with van der Waals surface area (Å²) in [5, 5.41) is 2.07. The van der Waals surface area contributed by atoms with Crippen LogP contribution in [-0.4, -0.2) is 49.9 Å². The molecule has 2 atom stereocenters. The van der Waals surface area contributed by atoms with E-state index in [0.717, 1.165) is 27.6 Å². The molecule has 0 bridgehead atoms. The standard InChI is InChI=1S/C29H33NO5/c1-20(2)25(28(31)30-24(19-35-29(30)32)16-21-8-5-4-6-9-21)17-22-12-13-23-10-7-11-27(26(23)18-22)34-15-14-33-3/h4-13,18,20,24-25H,14-17,19H2,1-3H3/t24-,25?/m1/s1. The molecule has 0 aliphatic carbocycles. The summed E-state index contributed by atoms with van der Waals surface area (Å²) in [7, 11) is 1.65. The van der Waals surface area contributed by atoms with Crippen LogP contribution in [-0.2, 0) is 27.1 Å². The minimum Gasteiger partial charge on any atom is -0.491 e. The molecule has 6 nitrogen and oxygen atoms in total. The maximum Gasteiger partial charge on any atom is 0.416 e. The first-order valence-corrected chi connectivity index (χ1v) is 12.1. The number of cyclic esters (lactones) is 1. The maximum absolute atomic E-state index is 13.7. The highest BCUT2D eigenvalue weighted by molar-refractivity contribution is 5.95. The fraction of sp³-hybridized carbons (Fsp3) is 0.379. The van der Waals surface area contributed by atoms with Crippen LogP contribution in [0.25, 0.3) is 10.8 Å². The van der Waals surface area contributed by atoms with E-state index in [0.29, 0.717) is 26.1 Å². The van der Waals surface area contributed by atoms with Gasteiger partial charge < -0.3 is 14.2 Å². The second-order valence-corrected chi connectivity index (χ2v) is 9.34. The molecule has 4 rings (SSSR count). The van der Waals surface area contributed by atoms with Crippen LogP contribution in [0.5, 0.6) is 5.75 Å². The lowest BCUT2D eigenvalue weighted by atomic mass is 9.87. The van der Waals surface area contributed by atoms with Gasteiger partial charge in [0.05, 0.1) is 12.6 Å². The lowest BCUT2D eigenvalue weighted by Gasteiger charge is -2.27. The van der Waals surface area contributed by atoms with E-state index in [1.54, 1.807) is 7.11 Å². The number of rotatable bonds is 10. The molecule has 1 aliphatic rings. The van der Waals surface area contributed by atoms with Crippen molar-refractivity contribution in [2.75, 3.05) is 26.9 Å². The summed E-state index contributed by atoms with van der Waals surface area (Å²) in [5.74, 6) is 0.322. The Morgan fingerprint density at radius 3 is 2.57 bits per heavy atom. The number of nitrogens with zero attached hydrogens (tertiary/aromatic N) is 1. The van der Waals surface area contributed by atoms with Gasteiger partial charge in [-0.1, -0.05) is 68.4 Å². The number of fused-ring (bicyclic) bond motifs is 1.